The smallest absolute Gasteiger partial charge is 0.141 e. The van der Waals surface area contributed by atoms with Crippen molar-refractivity contribution < 1.29 is 4.39 Å². The summed E-state index contributed by atoms with van der Waals surface area (Å²) in [5.41, 5.74) is 1.30. The van der Waals surface area contributed by atoms with Crippen molar-refractivity contribution in [2.75, 3.05) is 5.33 Å². The highest BCUT2D eigenvalue weighted by molar-refractivity contribution is 9.09. The summed E-state index contributed by atoms with van der Waals surface area (Å²) in [7, 11) is 0. The van der Waals surface area contributed by atoms with Crippen LogP contribution in [-0.2, 0) is 6.42 Å². The zero-order valence-corrected chi connectivity index (χ0v) is 11.3. The molecule has 84 valence electrons. The van der Waals surface area contributed by atoms with Crippen LogP contribution in [0.4, 0.5) is 4.39 Å². The van der Waals surface area contributed by atoms with E-state index in [1.807, 2.05) is 0 Å². The van der Waals surface area contributed by atoms with Crippen LogP contribution in [0.5, 0.6) is 0 Å². The number of hydrogen-bond donors (Lipinski definition) is 0. The largest absolute Gasteiger partial charge is 0.205 e. The number of hydrogen-bond acceptors (Lipinski definition) is 0. The van der Waals surface area contributed by atoms with Crippen LogP contribution in [0.25, 0.3) is 0 Å². The lowest BCUT2D eigenvalue weighted by Crippen LogP contribution is -2.20. The number of halogens is 3. The maximum absolute atomic E-state index is 13.0. The van der Waals surface area contributed by atoms with Crippen LogP contribution in [0, 0.1) is 11.2 Å². The fourth-order valence-corrected chi connectivity index (χ4v) is 2.21. The fourth-order valence-electron chi connectivity index (χ4n) is 1.41. The second-order valence-electron chi connectivity index (χ2n) is 4.22. The highest BCUT2D eigenvalue weighted by atomic mass is 79.9. The maximum Gasteiger partial charge on any atom is 0.141 e. The van der Waals surface area contributed by atoms with Crippen LogP contribution < -0.4 is 0 Å². The summed E-state index contributed by atoms with van der Waals surface area (Å²) < 4.78 is 13.0. The monoisotopic (exact) mass is 292 g/mol. The van der Waals surface area contributed by atoms with E-state index in [4.69, 9.17) is 11.6 Å². The topological polar surface area (TPSA) is 0 Å². The Balaban J connectivity index is 2.85. The van der Waals surface area contributed by atoms with Gasteiger partial charge in [-0.3, -0.25) is 0 Å². The predicted molar refractivity (Wildman–Crippen MR) is 67.3 cm³/mol. The molecule has 0 aliphatic heterocycles. The molecule has 0 aliphatic rings. The van der Waals surface area contributed by atoms with Crippen molar-refractivity contribution >= 4 is 27.5 Å². The molecule has 0 heterocycles. The third kappa shape index (κ3) is 3.46. The minimum atomic E-state index is -0.350. The van der Waals surface area contributed by atoms with Crippen molar-refractivity contribution in [3.8, 4) is 0 Å². The standard InChI is InChI=1S/C12H15BrClF/c1-3-12(2,8-13)7-9-4-5-11(15)10(14)6-9/h4-6H,3,7-8H2,1-2H3. The molecule has 3 heteroatoms. The number of alkyl halides is 1. The Morgan fingerprint density at radius 1 is 1.47 bits per heavy atom. The van der Waals surface area contributed by atoms with Crippen LogP contribution in [-0.4, -0.2) is 5.33 Å². The van der Waals surface area contributed by atoms with Gasteiger partial charge in [-0.15, -0.1) is 0 Å². The van der Waals surface area contributed by atoms with E-state index < -0.39 is 0 Å². The van der Waals surface area contributed by atoms with Gasteiger partial charge in [0.25, 0.3) is 0 Å². The normalized spacial score (nSPS) is 15.0. The van der Waals surface area contributed by atoms with Gasteiger partial charge in [-0.1, -0.05) is 47.4 Å². The molecule has 1 unspecified atom stereocenters. The lowest BCUT2D eigenvalue weighted by molar-refractivity contribution is 0.361. The van der Waals surface area contributed by atoms with Crippen LogP contribution >= 0.6 is 27.5 Å². The van der Waals surface area contributed by atoms with Gasteiger partial charge in [0, 0.05) is 5.33 Å². The first-order valence-corrected chi connectivity index (χ1v) is 6.50. The number of benzene rings is 1. The minimum absolute atomic E-state index is 0.209. The molecule has 0 saturated heterocycles. The minimum Gasteiger partial charge on any atom is -0.205 e. The van der Waals surface area contributed by atoms with Gasteiger partial charge in [0.15, 0.2) is 0 Å². The van der Waals surface area contributed by atoms with Gasteiger partial charge in [0.05, 0.1) is 5.02 Å². The first-order chi connectivity index (χ1) is 7.00. The second-order valence-corrected chi connectivity index (χ2v) is 5.19. The van der Waals surface area contributed by atoms with E-state index in [0.717, 1.165) is 23.7 Å². The summed E-state index contributed by atoms with van der Waals surface area (Å²) in [5.74, 6) is -0.350. The Bertz CT molecular complexity index is 334. The van der Waals surface area contributed by atoms with E-state index >= 15 is 0 Å². The predicted octanol–water partition coefficient (Wildman–Crippen LogP) is 4.83. The van der Waals surface area contributed by atoms with E-state index in [2.05, 4.69) is 29.8 Å². The van der Waals surface area contributed by atoms with Crippen molar-refractivity contribution in [3.63, 3.8) is 0 Å². The maximum atomic E-state index is 13.0. The summed E-state index contributed by atoms with van der Waals surface area (Å²) >= 11 is 9.26. The first-order valence-electron chi connectivity index (χ1n) is 5.00. The van der Waals surface area contributed by atoms with Crippen LogP contribution in [0.3, 0.4) is 0 Å². The van der Waals surface area contributed by atoms with E-state index in [0.29, 0.717) is 0 Å². The molecule has 0 saturated carbocycles. The van der Waals surface area contributed by atoms with Gasteiger partial charge in [0.2, 0.25) is 0 Å². The lowest BCUT2D eigenvalue weighted by atomic mass is 9.83. The fraction of sp³-hybridized carbons (Fsp3) is 0.500. The van der Waals surface area contributed by atoms with Crippen molar-refractivity contribution in [2.24, 2.45) is 5.41 Å². The Morgan fingerprint density at radius 3 is 2.60 bits per heavy atom. The highest BCUT2D eigenvalue weighted by Gasteiger charge is 2.21. The Kier molecular flexibility index (Phi) is 4.60. The summed E-state index contributed by atoms with van der Waals surface area (Å²) in [6.07, 6.45) is 1.99. The third-order valence-electron chi connectivity index (χ3n) is 2.79. The molecule has 0 amide bonds. The molecule has 0 aromatic heterocycles. The average molecular weight is 294 g/mol. The first kappa shape index (κ1) is 13.0. The molecule has 0 fully saturated rings. The van der Waals surface area contributed by atoms with Gasteiger partial charge in [-0.25, -0.2) is 4.39 Å². The summed E-state index contributed by atoms with van der Waals surface area (Å²) in [6.45, 7) is 4.37. The molecule has 1 aromatic rings. The van der Waals surface area contributed by atoms with E-state index in [-0.39, 0.29) is 16.3 Å². The molecule has 0 spiro atoms. The van der Waals surface area contributed by atoms with E-state index in [1.165, 1.54) is 6.07 Å². The molecule has 0 nitrogen and oxygen atoms in total. The lowest BCUT2D eigenvalue weighted by Gasteiger charge is -2.25. The zero-order valence-electron chi connectivity index (χ0n) is 8.99. The number of rotatable bonds is 4. The molecule has 15 heavy (non-hydrogen) atoms. The SMILES string of the molecule is CCC(C)(CBr)Cc1ccc(F)c(Cl)c1. The van der Waals surface area contributed by atoms with Gasteiger partial charge in [-0.05, 0) is 36.0 Å². The molecule has 0 radical (unpaired) electrons. The van der Waals surface area contributed by atoms with Crippen LogP contribution in [0.1, 0.15) is 25.8 Å². The third-order valence-corrected chi connectivity index (χ3v) is 4.43. The molecule has 1 rings (SSSR count). The molecule has 0 bridgehead atoms. The van der Waals surface area contributed by atoms with Gasteiger partial charge in [0.1, 0.15) is 5.82 Å². The van der Waals surface area contributed by atoms with Crippen LogP contribution in [0.15, 0.2) is 18.2 Å². The van der Waals surface area contributed by atoms with Crippen molar-refractivity contribution in [1.29, 1.82) is 0 Å². The summed E-state index contributed by atoms with van der Waals surface area (Å²) in [4.78, 5) is 0. The Labute approximate surface area is 104 Å². The average Bonchev–Trinajstić information content (AvgIpc) is 2.23. The van der Waals surface area contributed by atoms with Gasteiger partial charge in [-0.2, -0.15) is 0 Å². The van der Waals surface area contributed by atoms with E-state index in [1.54, 1.807) is 12.1 Å². The molecule has 0 aliphatic carbocycles. The quantitative estimate of drug-likeness (QED) is 0.697. The van der Waals surface area contributed by atoms with Gasteiger partial charge < -0.3 is 0 Å². The highest BCUT2D eigenvalue weighted by Crippen LogP contribution is 2.29. The summed E-state index contributed by atoms with van der Waals surface area (Å²) in [5, 5.41) is 1.14. The Morgan fingerprint density at radius 2 is 2.13 bits per heavy atom. The summed E-state index contributed by atoms with van der Waals surface area (Å²) in [6, 6.07) is 4.95. The molecular weight excluding hydrogens is 278 g/mol. The molecule has 1 atom stereocenters. The van der Waals surface area contributed by atoms with Gasteiger partial charge >= 0.3 is 0 Å². The van der Waals surface area contributed by atoms with Crippen LogP contribution in [0.2, 0.25) is 5.02 Å². The molecule has 1 aromatic carbocycles. The Hall–Kier alpha value is -0.0800. The zero-order chi connectivity index (χ0) is 11.5. The van der Waals surface area contributed by atoms with Crippen molar-refractivity contribution in [3.05, 3.63) is 34.6 Å². The molecule has 0 N–H and O–H groups in total. The van der Waals surface area contributed by atoms with Crippen molar-refractivity contribution in [2.45, 2.75) is 26.7 Å². The van der Waals surface area contributed by atoms with Crippen molar-refractivity contribution in [1.82, 2.24) is 0 Å². The second kappa shape index (κ2) is 5.31. The molecular formula is C12H15BrClF. The van der Waals surface area contributed by atoms with E-state index in [9.17, 15) is 4.39 Å².